The van der Waals surface area contributed by atoms with Crippen molar-refractivity contribution < 1.29 is 9.72 Å². The van der Waals surface area contributed by atoms with Crippen LogP contribution in [0.5, 0.6) is 0 Å². The third kappa shape index (κ3) is 4.14. The predicted molar refractivity (Wildman–Crippen MR) is 90.9 cm³/mol. The largest absolute Gasteiger partial charge is 0.316 e. The monoisotopic (exact) mass is 331 g/mol. The van der Waals surface area contributed by atoms with Gasteiger partial charge in [0.25, 0.3) is 5.69 Å². The van der Waals surface area contributed by atoms with Crippen molar-refractivity contribution >= 4 is 40.8 Å². The van der Waals surface area contributed by atoms with Crippen LogP contribution in [0.4, 0.5) is 17.1 Å². The molecule has 0 bridgehead atoms. The van der Waals surface area contributed by atoms with Gasteiger partial charge in [0.1, 0.15) is 0 Å². The molecule has 2 aromatic rings. The van der Waals surface area contributed by atoms with Gasteiger partial charge in [-0.15, -0.1) is 0 Å². The molecule has 0 aliphatic rings. The van der Waals surface area contributed by atoms with E-state index in [-0.39, 0.29) is 11.6 Å². The van der Waals surface area contributed by atoms with Crippen molar-refractivity contribution in [1.82, 2.24) is 0 Å². The molecule has 0 spiro atoms. The number of hydrogen-bond acceptors (Lipinski definition) is 4. The normalized spacial score (nSPS) is 10.7. The molecule has 0 aromatic heterocycles. The zero-order valence-corrected chi connectivity index (χ0v) is 13.3. The highest BCUT2D eigenvalue weighted by molar-refractivity contribution is 6.33. The smallest absolute Gasteiger partial charge is 0.270 e. The number of aliphatic imine (C=N–C) groups is 1. The number of anilines is 1. The highest BCUT2D eigenvalue weighted by atomic mass is 35.5. The van der Waals surface area contributed by atoms with Crippen molar-refractivity contribution in [3.63, 3.8) is 0 Å². The van der Waals surface area contributed by atoms with E-state index in [4.69, 9.17) is 11.6 Å². The van der Waals surface area contributed by atoms with Crippen molar-refractivity contribution in [2.75, 3.05) is 11.9 Å². The lowest BCUT2D eigenvalue weighted by Crippen LogP contribution is -2.22. The number of nitro groups is 1. The van der Waals surface area contributed by atoms with E-state index in [1.807, 2.05) is 0 Å². The van der Waals surface area contributed by atoms with Gasteiger partial charge in [-0.25, -0.2) is 0 Å². The van der Waals surface area contributed by atoms with Crippen LogP contribution in [0.15, 0.2) is 47.5 Å². The molecule has 1 amide bonds. The number of nitro benzene ring substituents is 1. The summed E-state index contributed by atoms with van der Waals surface area (Å²) in [5.74, 6) is -0.0652. The zero-order chi connectivity index (χ0) is 17.0. The molecule has 0 aliphatic heterocycles. The van der Waals surface area contributed by atoms with Gasteiger partial charge in [-0.2, -0.15) is 0 Å². The molecule has 0 saturated carbocycles. The summed E-state index contributed by atoms with van der Waals surface area (Å²) >= 11 is 6.01. The van der Waals surface area contributed by atoms with Crippen LogP contribution in [-0.4, -0.2) is 24.1 Å². The fourth-order valence-electron chi connectivity index (χ4n) is 1.83. The summed E-state index contributed by atoms with van der Waals surface area (Å²) in [6.45, 7) is 1.48. The molecule has 0 atom stereocenters. The lowest BCUT2D eigenvalue weighted by molar-refractivity contribution is -0.384. The van der Waals surface area contributed by atoms with Crippen LogP contribution in [0.1, 0.15) is 12.5 Å². The molecule has 118 valence electrons. The van der Waals surface area contributed by atoms with E-state index in [9.17, 15) is 14.9 Å². The average molecular weight is 332 g/mol. The van der Waals surface area contributed by atoms with Crippen LogP contribution in [0.2, 0.25) is 5.02 Å². The molecule has 0 heterocycles. The second kappa shape index (κ2) is 7.02. The maximum atomic E-state index is 11.3. The van der Waals surface area contributed by atoms with Crippen LogP contribution >= 0.6 is 11.6 Å². The van der Waals surface area contributed by atoms with Crippen molar-refractivity contribution in [2.45, 2.75) is 6.92 Å². The van der Waals surface area contributed by atoms with Crippen LogP contribution in [0, 0.1) is 10.1 Å². The number of rotatable bonds is 4. The van der Waals surface area contributed by atoms with Crippen LogP contribution in [-0.2, 0) is 4.79 Å². The highest BCUT2D eigenvalue weighted by Gasteiger charge is 2.08. The molecular formula is C16H14ClN3O3. The second-order valence-electron chi connectivity index (χ2n) is 4.82. The second-order valence-corrected chi connectivity index (χ2v) is 5.22. The molecular weight excluding hydrogens is 318 g/mol. The first-order valence-electron chi connectivity index (χ1n) is 6.71. The van der Waals surface area contributed by atoms with E-state index in [1.165, 1.54) is 36.2 Å². The Morgan fingerprint density at radius 1 is 1.26 bits per heavy atom. The number of non-ortho nitro benzene ring substituents is 1. The summed E-state index contributed by atoms with van der Waals surface area (Å²) in [4.78, 5) is 27.4. The van der Waals surface area contributed by atoms with Crippen LogP contribution in [0.3, 0.4) is 0 Å². The maximum Gasteiger partial charge on any atom is 0.270 e. The standard InChI is InChI=1S/C16H14ClN3O3/c1-11(21)19(2)14-5-3-13(4-6-14)18-10-12-9-15(20(22)23)7-8-16(12)17/h3-10H,1-2H3. The highest BCUT2D eigenvalue weighted by Crippen LogP contribution is 2.23. The van der Waals surface area contributed by atoms with Gasteiger partial charge >= 0.3 is 0 Å². The lowest BCUT2D eigenvalue weighted by atomic mass is 10.2. The predicted octanol–water partition coefficient (Wildman–Crippen LogP) is 3.98. The summed E-state index contributed by atoms with van der Waals surface area (Å²) in [5.41, 5.74) is 1.82. The minimum Gasteiger partial charge on any atom is -0.316 e. The quantitative estimate of drug-likeness (QED) is 0.483. The summed E-state index contributed by atoms with van der Waals surface area (Å²) in [6.07, 6.45) is 1.47. The molecule has 0 saturated heterocycles. The third-order valence-corrected chi connectivity index (χ3v) is 3.60. The van der Waals surface area contributed by atoms with Gasteiger partial charge in [0.2, 0.25) is 5.91 Å². The topological polar surface area (TPSA) is 75.8 Å². The summed E-state index contributed by atoms with van der Waals surface area (Å²) in [7, 11) is 1.68. The Labute approximate surface area is 138 Å². The van der Waals surface area contributed by atoms with E-state index in [0.717, 1.165) is 5.69 Å². The van der Waals surface area contributed by atoms with Gasteiger partial charge in [-0.05, 0) is 30.3 Å². The zero-order valence-electron chi connectivity index (χ0n) is 12.6. The molecule has 0 unspecified atom stereocenters. The van der Waals surface area contributed by atoms with Gasteiger partial charge in [-0.3, -0.25) is 19.9 Å². The Bertz CT molecular complexity index is 773. The Morgan fingerprint density at radius 3 is 2.48 bits per heavy atom. The Morgan fingerprint density at radius 2 is 1.91 bits per heavy atom. The van der Waals surface area contributed by atoms with E-state index < -0.39 is 4.92 Å². The van der Waals surface area contributed by atoms with Gasteiger partial charge in [0.05, 0.1) is 10.6 Å². The SMILES string of the molecule is CC(=O)N(C)c1ccc(N=Cc2cc([N+](=O)[O-])ccc2Cl)cc1. The van der Waals surface area contributed by atoms with E-state index in [1.54, 1.807) is 31.3 Å². The lowest BCUT2D eigenvalue weighted by Gasteiger charge is -2.14. The van der Waals surface area contributed by atoms with E-state index in [0.29, 0.717) is 16.3 Å². The number of amides is 1. The van der Waals surface area contributed by atoms with Gasteiger partial charge in [0, 0.05) is 48.6 Å². The third-order valence-electron chi connectivity index (χ3n) is 3.25. The minimum atomic E-state index is -0.486. The summed E-state index contributed by atoms with van der Waals surface area (Å²) < 4.78 is 0. The van der Waals surface area contributed by atoms with E-state index >= 15 is 0 Å². The molecule has 2 aromatic carbocycles. The first kappa shape index (κ1) is 16.6. The molecule has 0 N–H and O–H groups in total. The fraction of sp³-hybridized carbons (Fsp3) is 0.125. The first-order valence-corrected chi connectivity index (χ1v) is 7.08. The van der Waals surface area contributed by atoms with Crippen molar-refractivity contribution in [1.29, 1.82) is 0 Å². The van der Waals surface area contributed by atoms with Gasteiger partial charge in [-0.1, -0.05) is 11.6 Å². The molecule has 0 aliphatic carbocycles. The maximum absolute atomic E-state index is 11.3. The number of nitrogens with zero attached hydrogens (tertiary/aromatic N) is 3. The number of hydrogen-bond donors (Lipinski definition) is 0. The Balaban J connectivity index is 2.22. The molecule has 23 heavy (non-hydrogen) atoms. The van der Waals surface area contributed by atoms with Gasteiger partial charge in [0.15, 0.2) is 0 Å². The number of carbonyl (C=O) groups is 1. The average Bonchev–Trinajstić information content (AvgIpc) is 2.53. The molecule has 7 heteroatoms. The minimum absolute atomic E-state index is 0.0470. The van der Waals surface area contributed by atoms with Crippen molar-refractivity contribution in [3.8, 4) is 0 Å². The van der Waals surface area contributed by atoms with Crippen molar-refractivity contribution in [2.24, 2.45) is 4.99 Å². The molecule has 6 nitrogen and oxygen atoms in total. The molecule has 0 radical (unpaired) electrons. The first-order chi connectivity index (χ1) is 10.9. The number of halogens is 1. The molecule has 0 fully saturated rings. The fourth-order valence-corrected chi connectivity index (χ4v) is 2.00. The Kier molecular flexibility index (Phi) is 5.08. The number of carbonyl (C=O) groups excluding carboxylic acids is 1. The van der Waals surface area contributed by atoms with Crippen LogP contribution in [0.25, 0.3) is 0 Å². The number of benzene rings is 2. The summed E-state index contributed by atoms with van der Waals surface area (Å²) in [5, 5.41) is 11.2. The van der Waals surface area contributed by atoms with E-state index in [2.05, 4.69) is 4.99 Å². The Hall–Kier alpha value is -2.73. The molecule has 2 rings (SSSR count). The van der Waals surface area contributed by atoms with Crippen molar-refractivity contribution in [3.05, 3.63) is 63.2 Å². The summed E-state index contributed by atoms with van der Waals surface area (Å²) in [6, 6.07) is 11.2. The van der Waals surface area contributed by atoms with Crippen LogP contribution < -0.4 is 4.90 Å². The van der Waals surface area contributed by atoms with Gasteiger partial charge < -0.3 is 4.90 Å².